The van der Waals surface area contributed by atoms with E-state index in [1.807, 2.05) is 25.1 Å². The lowest BCUT2D eigenvalue weighted by Crippen LogP contribution is -2.40. The maximum atomic E-state index is 12.5. The van der Waals surface area contributed by atoms with Gasteiger partial charge in [-0.15, -0.1) is 0 Å². The van der Waals surface area contributed by atoms with Crippen molar-refractivity contribution in [3.05, 3.63) is 12.3 Å². The summed E-state index contributed by atoms with van der Waals surface area (Å²) in [6.07, 6.45) is 9.30. The van der Waals surface area contributed by atoms with Gasteiger partial charge in [0.2, 0.25) is 5.95 Å². The molecule has 7 nitrogen and oxygen atoms in total. The first-order valence-electron chi connectivity index (χ1n) is 12.0. The van der Waals surface area contributed by atoms with E-state index >= 15 is 0 Å². The molecule has 1 heterocycles. The number of aromatic nitrogens is 2. The van der Waals surface area contributed by atoms with Gasteiger partial charge in [0.05, 0.1) is 0 Å². The quantitative estimate of drug-likeness (QED) is 0.651. The molecule has 2 aliphatic carbocycles. The number of anilines is 2. The van der Waals surface area contributed by atoms with Crippen LogP contribution in [-0.2, 0) is 4.74 Å². The van der Waals surface area contributed by atoms with Crippen molar-refractivity contribution in [2.75, 3.05) is 30.9 Å². The molecular weight excluding hydrogens is 390 g/mol. The first-order valence-corrected chi connectivity index (χ1v) is 12.0. The van der Waals surface area contributed by atoms with E-state index in [0.29, 0.717) is 42.2 Å². The van der Waals surface area contributed by atoms with Gasteiger partial charge in [-0.1, -0.05) is 27.2 Å². The van der Waals surface area contributed by atoms with Gasteiger partial charge in [0.25, 0.3) is 0 Å². The number of hydrogen-bond donors (Lipinski definition) is 2. The Labute approximate surface area is 187 Å². The van der Waals surface area contributed by atoms with Crippen molar-refractivity contribution in [3.8, 4) is 0 Å². The van der Waals surface area contributed by atoms with Crippen LogP contribution in [0.2, 0.25) is 0 Å². The lowest BCUT2D eigenvalue weighted by molar-refractivity contribution is 0.00566. The third-order valence-electron chi connectivity index (χ3n) is 7.03. The number of carbonyl (C=O) groups is 1. The van der Waals surface area contributed by atoms with Gasteiger partial charge in [0.15, 0.2) is 0 Å². The Balaban J connectivity index is 1.39. The summed E-state index contributed by atoms with van der Waals surface area (Å²) in [6.45, 7) is 7.44. The van der Waals surface area contributed by atoms with Gasteiger partial charge in [-0.2, -0.15) is 4.98 Å². The van der Waals surface area contributed by atoms with Gasteiger partial charge in [-0.3, -0.25) is 0 Å². The van der Waals surface area contributed by atoms with E-state index in [2.05, 4.69) is 41.4 Å². The summed E-state index contributed by atoms with van der Waals surface area (Å²) in [5.41, 5.74) is 0. The minimum atomic E-state index is -0.237. The largest absolute Gasteiger partial charge is 0.446 e. The lowest BCUT2D eigenvalue weighted by atomic mass is 9.75. The van der Waals surface area contributed by atoms with Crippen LogP contribution in [0.1, 0.15) is 65.7 Å². The molecule has 0 bridgehead atoms. The Morgan fingerprint density at radius 3 is 2.61 bits per heavy atom. The molecule has 0 aromatic carbocycles. The number of amides is 1. The van der Waals surface area contributed by atoms with E-state index in [4.69, 9.17) is 4.74 Å². The molecule has 3 atom stereocenters. The Kier molecular flexibility index (Phi) is 8.38. The predicted molar refractivity (Wildman–Crippen MR) is 125 cm³/mol. The van der Waals surface area contributed by atoms with Crippen molar-refractivity contribution in [2.24, 2.45) is 23.7 Å². The van der Waals surface area contributed by atoms with E-state index in [1.165, 1.54) is 6.42 Å². The van der Waals surface area contributed by atoms with Gasteiger partial charge >= 0.3 is 6.09 Å². The molecule has 0 radical (unpaired) electrons. The highest BCUT2D eigenvalue weighted by Crippen LogP contribution is 2.35. The predicted octanol–water partition coefficient (Wildman–Crippen LogP) is 4.70. The molecule has 2 saturated carbocycles. The molecule has 1 aromatic rings. The Morgan fingerprint density at radius 1 is 1.19 bits per heavy atom. The second kappa shape index (κ2) is 11.0. The average molecular weight is 432 g/mol. The van der Waals surface area contributed by atoms with E-state index in [1.54, 1.807) is 6.20 Å². The molecule has 3 rings (SSSR count). The summed E-state index contributed by atoms with van der Waals surface area (Å²) in [5.74, 6) is 3.77. The zero-order valence-electron chi connectivity index (χ0n) is 19.9. The molecule has 0 saturated heterocycles. The highest BCUT2D eigenvalue weighted by atomic mass is 16.6. The van der Waals surface area contributed by atoms with Crippen molar-refractivity contribution in [1.82, 2.24) is 15.3 Å². The van der Waals surface area contributed by atoms with Crippen molar-refractivity contribution < 1.29 is 9.53 Å². The Hall–Kier alpha value is -2.05. The van der Waals surface area contributed by atoms with E-state index in [-0.39, 0.29) is 12.2 Å². The fourth-order valence-corrected chi connectivity index (χ4v) is 5.02. The number of carbonyl (C=O) groups excluding carboxylic acids is 1. The molecule has 31 heavy (non-hydrogen) atoms. The Morgan fingerprint density at radius 2 is 1.94 bits per heavy atom. The summed E-state index contributed by atoms with van der Waals surface area (Å²) in [7, 11) is 3.96. The average Bonchev–Trinajstić information content (AvgIpc) is 2.73. The van der Waals surface area contributed by atoms with Crippen LogP contribution in [-0.4, -0.2) is 48.8 Å². The van der Waals surface area contributed by atoms with Crippen molar-refractivity contribution in [3.63, 3.8) is 0 Å². The van der Waals surface area contributed by atoms with Crippen LogP contribution in [0.5, 0.6) is 0 Å². The summed E-state index contributed by atoms with van der Waals surface area (Å²) in [6, 6.07) is 2.29. The smallest absolute Gasteiger partial charge is 0.407 e. The van der Waals surface area contributed by atoms with Crippen molar-refractivity contribution in [1.29, 1.82) is 0 Å². The third-order valence-corrected chi connectivity index (χ3v) is 7.03. The molecule has 2 fully saturated rings. The lowest BCUT2D eigenvalue weighted by Gasteiger charge is -2.36. The molecule has 2 N–H and O–H groups in total. The molecule has 1 amide bonds. The summed E-state index contributed by atoms with van der Waals surface area (Å²) in [5, 5.41) is 6.52. The van der Waals surface area contributed by atoms with E-state index in [0.717, 1.165) is 44.3 Å². The van der Waals surface area contributed by atoms with Crippen LogP contribution in [0.15, 0.2) is 12.3 Å². The Bertz CT molecular complexity index is 703. The highest BCUT2D eigenvalue weighted by Gasteiger charge is 2.33. The number of nitrogens with one attached hydrogen (secondary N) is 2. The van der Waals surface area contributed by atoms with E-state index < -0.39 is 0 Å². The van der Waals surface area contributed by atoms with Gasteiger partial charge in [0, 0.05) is 32.9 Å². The first-order chi connectivity index (χ1) is 14.8. The van der Waals surface area contributed by atoms with Gasteiger partial charge in [0.1, 0.15) is 11.9 Å². The maximum Gasteiger partial charge on any atom is 0.407 e. The van der Waals surface area contributed by atoms with Crippen LogP contribution in [0.3, 0.4) is 0 Å². The molecular formula is C24H41N5O2. The molecule has 0 aliphatic heterocycles. The molecule has 0 spiro atoms. The number of nitrogens with zero attached hydrogens (tertiary/aromatic N) is 3. The maximum absolute atomic E-state index is 12.5. The standard InChI is InChI=1S/C24H41N5O2/c1-16(2)20-11-6-17(3)14-21(20)31-24(30)26-15-18-7-9-19(10-8-18)27-23-25-13-12-22(28-23)29(4)5/h12-13,16-21H,6-11,14-15H2,1-5H3,(H,26,30)(H,25,27,28)/t17-,18?,19?,20+,21?/m1/s1. The summed E-state index contributed by atoms with van der Waals surface area (Å²) < 4.78 is 5.87. The second-order valence-electron chi connectivity index (χ2n) is 10.1. The minimum absolute atomic E-state index is 0.0571. The van der Waals surface area contributed by atoms with Gasteiger partial charge in [-0.25, -0.2) is 9.78 Å². The van der Waals surface area contributed by atoms with Crippen LogP contribution < -0.4 is 15.5 Å². The number of hydrogen-bond acceptors (Lipinski definition) is 6. The molecule has 1 aromatic heterocycles. The van der Waals surface area contributed by atoms with Gasteiger partial charge in [-0.05, 0) is 68.3 Å². The topological polar surface area (TPSA) is 79.4 Å². The zero-order chi connectivity index (χ0) is 22.4. The van der Waals surface area contributed by atoms with Crippen LogP contribution in [0.4, 0.5) is 16.6 Å². The molecule has 2 aliphatic rings. The highest BCUT2D eigenvalue weighted by molar-refractivity contribution is 5.67. The third kappa shape index (κ3) is 6.97. The van der Waals surface area contributed by atoms with Gasteiger partial charge < -0.3 is 20.3 Å². The van der Waals surface area contributed by atoms with E-state index in [9.17, 15) is 4.79 Å². The van der Waals surface area contributed by atoms with Crippen molar-refractivity contribution in [2.45, 2.75) is 77.9 Å². The van der Waals surface area contributed by atoms with Crippen molar-refractivity contribution >= 4 is 17.9 Å². The molecule has 7 heteroatoms. The number of alkyl carbamates (subject to hydrolysis) is 1. The molecule has 1 unspecified atom stereocenters. The summed E-state index contributed by atoms with van der Waals surface area (Å²) >= 11 is 0. The number of rotatable bonds is 7. The zero-order valence-corrected chi connectivity index (χ0v) is 19.9. The minimum Gasteiger partial charge on any atom is -0.446 e. The van der Waals surface area contributed by atoms with Crippen LogP contribution >= 0.6 is 0 Å². The number of ether oxygens (including phenoxy) is 1. The summed E-state index contributed by atoms with van der Waals surface area (Å²) in [4.78, 5) is 23.3. The normalized spacial score (nSPS) is 28.8. The fraction of sp³-hybridized carbons (Fsp3) is 0.792. The van der Waals surface area contributed by atoms with Crippen LogP contribution in [0.25, 0.3) is 0 Å². The SMILES string of the molecule is CC(C)[C@@H]1CC[C@@H](C)CC1OC(=O)NCC1CCC(Nc2nccc(N(C)C)n2)CC1. The monoisotopic (exact) mass is 431 g/mol. The fourth-order valence-electron chi connectivity index (χ4n) is 5.02. The first kappa shape index (κ1) is 23.6. The second-order valence-corrected chi connectivity index (χ2v) is 10.1. The molecule has 174 valence electrons. The van der Waals surface area contributed by atoms with Crippen LogP contribution in [0, 0.1) is 23.7 Å².